The van der Waals surface area contributed by atoms with Gasteiger partial charge in [-0.25, -0.2) is 4.98 Å². The topological polar surface area (TPSA) is 34.1 Å². The van der Waals surface area contributed by atoms with Gasteiger partial charge in [-0.3, -0.25) is 0 Å². The Morgan fingerprint density at radius 3 is 2.65 bits per heavy atom. The van der Waals surface area contributed by atoms with E-state index in [2.05, 4.69) is 22.4 Å². The van der Waals surface area contributed by atoms with Gasteiger partial charge < -0.3 is 10.1 Å². The molecule has 2 aromatic rings. The molecule has 0 aliphatic heterocycles. The van der Waals surface area contributed by atoms with Crippen molar-refractivity contribution in [2.45, 2.75) is 13.1 Å². The molecule has 1 N–H and O–H groups in total. The summed E-state index contributed by atoms with van der Waals surface area (Å²) >= 11 is 0. The van der Waals surface area contributed by atoms with Crippen molar-refractivity contribution >= 4 is 0 Å². The first-order valence-corrected chi connectivity index (χ1v) is 5.62. The van der Waals surface area contributed by atoms with E-state index in [9.17, 15) is 0 Å². The Hall–Kier alpha value is -1.87. The molecule has 2 rings (SSSR count). The number of hydrogen-bond donors (Lipinski definition) is 1. The molecule has 0 bridgehead atoms. The van der Waals surface area contributed by atoms with Crippen LogP contribution < -0.4 is 10.1 Å². The predicted octanol–water partition coefficient (Wildman–Crippen LogP) is 2.38. The first-order valence-electron chi connectivity index (χ1n) is 5.62. The number of pyridine rings is 1. The quantitative estimate of drug-likeness (QED) is 0.853. The van der Waals surface area contributed by atoms with Crippen LogP contribution in [0.4, 0.5) is 0 Å². The standard InChI is InChI=1S/C14H16N2O/c1-17-14-13(8-5-9-16-14)11-15-10-12-6-3-2-4-7-12/h2-9,15H,10-11H2,1H3. The highest BCUT2D eigenvalue weighted by Gasteiger charge is 2.01. The fourth-order valence-electron chi connectivity index (χ4n) is 1.68. The largest absolute Gasteiger partial charge is 0.481 e. The molecule has 0 aliphatic rings. The van der Waals surface area contributed by atoms with Crippen LogP contribution in [-0.2, 0) is 13.1 Å². The fourth-order valence-corrected chi connectivity index (χ4v) is 1.68. The number of hydrogen-bond acceptors (Lipinski definition) is 3. The van der Waals surface area contributed by atoms with Crippen LogP contribution in [0.5, 0.6) is 5.88 Å². The van der Waals surface area contributed by atoms with Gasteiger partial charge in [0.05, 0.1) is 7.11 Å². The molecule has 0 saturated carbocycles. The molecule has 88 valence electrons. The molecular weight excluding hydrogens is 212 g/mol. The minimum absolute atomic E-state index is 0.688. The van der Waals surface area contributed by atoms with Crippen LogP contribution in [0.15, 0.2) is 48.7 Å². The zero-order chi connectivity index (χ0) is 11.9. The van der Waals surface area contributed by atoms with E-state index >= 15 is 0 Å². The highest BCUT2D eigenvalue weighted by Crippen LogP contribution is 2.13. The van der Waals surface area contributed by atoms with E-state index in [4.69, 9.17) is 4.74 Å². The maximum atomic E-state index is 5.20. The van der Waals surface area contributed by atoms with Crippen molar-refractivity contribution in [3.63, 3.8) is 0 Å². The van der Waals surface area contributed by atoms with Gasteiger partial charge in [-0.2, -0.15) is 0 Å². The monoisotopic (exact) mass is 228 g/mol. The molecule has 0 amide bonds. The van der Waals surface area contributed by atoms with Crippen molar-refractivity contribution in [2.24, 2.45) is 0 Å². The van der Waals surface area contributed by atoms with Crippen LogP contribution in [0.25, 0.3) is 0 Å². The maximum absolute atomic E-state index is 5.20. The van der Waals surface area contributed by atoms with Crippen LogP contribution in [0, 0.1) is 0 Å². The van der Waals surface area contributed by atoms with Crippen LogP contribution in [-0.4, -0.2) is 12.1 Å². The lowest BCUT2D eigenvalue weighted by atomic mass is 10.2. The minimum atomic E-state index is 0.688. The molecule has 0 unspecified atom stereocenters. The van der Waals surface area contributed by atoms with Crippen molar-refractivity contribution < 1.29 is 4.74 Å². The van der Waals surface area contributed by atoms with Gasteiger partial charge in [0.2, 0.25) is 5.88 Å². The summed E-state index contributed by atoms with van der Waals surface area (Å²) in [6.07, 6.45) is 1.74. The predicted molar refractivity (Wildman–Crippen MR) is 67.8 cm³/mol. The number of rotatable bonds is 5. The van der Waals surface area contributed by atoms with Gasteiger partial charge in [0.15, 0.2) is 0 Å². The molecule has 3 heteroatoms. The molecule has 1 heterocycles. The number of nitrogens with one attached hydrogen (secondary N) is 1. The van der Waals surface area contributed by atoms with E-state index in [1.54, 1.807) is 13.3 Å². The third kappa shape index (κ3) is 3.29. The summed E-state index contributed by atoms with van der Waals surface area (Å²) < 4.78 is 5.20. The molecule has 1 aromatic carbocycles. The van der Waals surface area contributed by atoms with Gasteiger partial charge in [-0.05, 0) is 11.6 Å². The molecule has 1 aromatic heterocycles. The summed E-state index contributed by atoms with van der Waals surface area (Å²) in [7, 11) is 1.64. The van der Waals surface area contributed by atoms with Gasteiger partial charge in [0.25, 0.3) is 0 Å². The second-order valence-corrected chi connectivity index (χ2v) is 3.76. The SMILES string of the molecule is COc1ncccc1CNCc1ccccc1. The van der Waals surface area contributed by atoms with Crippen LogP contribution >= 0.6 is 0 Å². The summed E-state index contributed by atoms with van der Waals surface area (Å²) in [5, 5.41) is 3.37. The van der Waals surface area contributed by atoms with Crippen LogP contribution in [0.1, 0.15) is 11.1 Å². The highest BCUT2D eigenvalue weighted by molar-refractivity contribution is 5.25. The molecule has 0 fully saturated rings. The van der Waals surface area contributed by atoms with Crippen molar-refractivity contribution in [1.29, 1.82) is 0 Å². The van der Waals surface area contributed by atoms with Crippen molar-refractivity contribution in [3.05, 3.63) is 59.8 Å². The summed E-state index contributed by atoms with van der Waals surface area (Å²) in [5.41, 5.74) is 2.35. The first-order chi connectivity index (χ1) is 8.40. The van der Waals surface area contributed by atoms with Gasteiger partial charge in [-0.1, -0.05) is 36.4 Å². The van der Waals surface area contributed by atoms with E-state index in [1.807, 2.05) is 30.3 Å². The minimum Gasteiger partial charge on any atom is -0.481 e. The Morgan fingerprint density at radius 2 is 1.88 bits per heavy atom. The number of ether oxygens (including phenoxy) is 1. The summed E-state index contributed by atoms with van der Waals surface area (Å²) in [5.74, 6) is 0.688. The Labute approximate surface area is 101 Å². The normalized spacial score (nSPS) is 10.2. The number of aromatic nitrogens is 1. The van der Waals surface area contributed by atoms with E-state index in [0.717, 1.165) is 18.7 Å². The fraction of sp³-hybridized carbons (Fsp3) is 0.214. The van der Waals surface area contributed by atoms with Crippen molar-refractivity contribution in [1.82, 2.24) is 10.3 Å². The summed E-state index contributed by atoms with van der Waals surface area (Å²) in [6.45, 7) is 1.60. The lowest BCUT2D eigenvalue weighted by Gasteiger charge is -2.08. The first kappa shape index (κ1) is 11.6. The van der Waals surface area contributed by atoms with Crippen molar-refractivity contribution in [3.8, 4) is 5.88 Å². The van der Waals surface area contributed by atoms with Crippen LogP contribution in [0.3, 0.4) is 0 Å². The van der Waals surface area contributed by atoms with E-state index < -0.39 is 0 Å². The smallest absolute Gasteiger partial charge is 0.217 e. The zero-order valence-corrected chi connectivity index (χ0v) is 9.89. The molecule has 0 atom stereocenters. The third-order valence-electron chi connectivity index (χ3n) is 2.53. The average molecular weight is 228 g/mol. The van der Waals surface area contributed by atoms with E-state index in [1.165, 1.54) is 5.56 Å². The van der Waals surface area contributed by atoms with E-state index in [-0.39, 0.29) is 0 Å². The second kappa shape index (κ2) is 6.01. The molecule has 17 heavy (non-hydrogen) atoms. The summed E-state index contributed by atoms with van der Waals surface area (Å²) in [6, 6.07) is 14.3. The summed E-state index contributed by atoms with van der Waals surface area (Å²) in [4.78, 5) is 4.16. The molecule has 3 nitrogen and oxygen atoms in total. The highest BCUT2D eigenvalue weighted by atomic mass is 16.5. The third-order valence-corrected chi connectivity index (χ3v) is 2.53. The maximum Gasteiger partial charge on any atom is 0.217 e. The Bertz CT molecular complexity index is 457. The Kier molecular flexibility index (Phi) is 4.11. The molecule has 0 aliphatic carbocycles. The van der Waals surface area contributed by atoms with Crippen molar-refractivity contribution in [2.75, 3.05) is 7.11 Å². The number of methoxy groups -OCH3 is 1. The Morgan fingerprint density at radius 1 is 1.06 bits per heavy atom. The van der Waals surface area contributed by atoms with Crippen LogP contribution in [0.2, 0.25) is 0 Å². The van der Waals surface area contributed by atoms with E-state index in [0.29, 0.717) is 5.88 Å². The number of benzene rings is 1. The van der Waals surface area contributed by atoms with Gasteiger partial charge in [-0.15, -0.1) is 0 Å². The molecular formula is C14H16N2O. The lowest BCUT2D eigenvalue weighted by molar-refractivity contribution is 0.390. The van der Waals surface area contributed by atoms with Gasteiger partial charge >= 0.3 is 0 Å². The van der Waals surface area contributed by atoms with Gasteiger partial charge in [0, 0.05) is 24.8 Å². The zero-order valence-electron chi connectivity index (χ0n) is 9.89. The van der Waals surface area contributed by atoms with Gasteiger partial charge in [0.1, 0.15) is 0 Å². The second-order valence-electron chi connectivity index (χ2n) is 3.76. The lowest BCUT2D eigenvalue weighted by Crippen LogP contribution is -2.13. The molecule has 0 radical (unpaired) electrons. The Balaban J connectivity index is 1.90. The molecule has 0 saturated heterocycles. The number of nitrogens with zero attached hydrogens (tertiary/aromatic N) is 1. The molecule has 0 spiro atoms. The average Bonchev–Trinajstić information content (AvgIpc) is 2.40.